The smallest absolute Gasteiger partial charge is 0.341 e. The first-order valence-electron chi connectivity index (χ1n) is 4.59. The van der Waals surface area contributed by atoms with Gasteiger partial charge in [-0.15, -0.1) is 0 Å². The van der Waals surface area contributed by atoms with Crippen molar-refractivity contribution in [3.8, 4) is 0 Å². The molecular formula is C11H10INO2. The number of hydrogen-bond acceptors (Lipinski definition) is 3. The molecule has 0 fully saturated rings. The highest BCUT2D eigenvalue weighted by molar-refractivity contribution is 14.1. The third kappa shape index (κ3) is 1.90. The standard InChI is InChI=1S/C11H10INO2/c1-11(7-12)10(14)15-9(13-11)8-5-3-2-4-6-8/h2-6H,7H2,1H3. The third-order valence-electron chi connectivity index (χ3n) is 2.26. The van der Waals surface area contributed by atoms with E-state index in [9.17, 15) is 4.79 Å². The van der Waals surface area contributed by atoms with Crippen molar-refractivity contribution in [3.05, 3.63) is 35.9 Å². The monoisotopic (exact) mass is 315 g/mol. The molecule has 3 nitrogen and oxygen atoms in total. The van der Waals surface area contributed by atoms with Gasteiger partial charge in [0, 0.05) is 9.99 Å². The number of nitrogens with zero attached hydrogens (tertiary/aromatic N) is 1. The Hall–Kier alpha value is -0.910. The third-order valence-corrected chi connectivity index (χ3v) is 3.74. The van der Waals surface area contributed by atoms with Crippen molar-refractivity contribution in [1.29, 1.82) is 0 Å². The number of benzene rings is 1. The molecule has 0 aromatic heterocycles. The number of ether oxygens (including phenoxy) is 1. The van der Waals surface area contributed by atoms with E-state index < -0.39 is 5.54 Å². The molecule has 15 heavy (non-hydrogen) atoms. The lowest BCUT2D eigenvalue weighted by Crippen LogP contribution is -2.31. The molecule has 0 spiro atoms. The van der Waals surface area contributed by atoms with E-state index in [1.54, 1.807) is 6.92 Å². The second kappa shape index (κ2) is 3.92. The van der Waals surface area contributed by atoms with Gasteiger partial charge in [0.2, 0.25) is 5.90 Å². The fraction of sp³-hybridized carbons (Fsp3) is 0.273. The molecule has 78 valence electrons. The summed E-state index contributed by atoms with van der Waals surface area (Å²) in [7, 11) is 0. The average Bonchev–Trinajstić information content (AvgIpc) is 2.58. The topological polar surface area (TPSA) is 38.7 Å². The highest BCUT2D eigenvalue weighted by Crippen LogP contribution is 2.24. The van der Waals surface area contributed by atoms with Gasteiger partial charge in [0.1, 0.15) is 0 Å². The fourth-order valence-corrected chi connectivity index (χ4v) is 1.76. The molecule has 1 aliphatic heterocycles. The Bertz CT molecular complexity index is 416. The molecule has 1 aliphatic rings. The van der Waals surface area contributed by atoms with Crippen molar-refractivity contribution in [3.63, 3.8) is 0 Å². The Kier molecular flexibility index (Phi) is 2.77. The second-order valence-electron chi connectivity index (χ2n) is 3.58. The Morgan fingerprint density at radius 1 is 1.40 bits per heavy atom. The maximum absolute atomic E-state index is 11.6. The molecule has 0 saturated carbocycles. The first-order chi connectivity index (χ1) is 7.15. The van der Waals surface area contributed by atoms with Crippen LogP contribution in [0.15, 0.2) is 35.3 Å². The molecule has 0 aliphatic carbocycles. The minimum atomic E-state index is -0.717. The summed E-state index contributed by atoms with van der Waals surface area (Å²) in [5.41, 5.74) is 0.130. The van der Waals surface area contributed by atoms with E-state index in [-0.39, 0.29) is 5.97 Å². The normalized spacial score (nSPS) is 24.9. The van der Waals surface area contributed by atoms with E-state index in [1.807, 2.05) is 30.3 Å². The van der Waals surface area contributed by atoms with Gasteiger partial charge in [0.25, 0.3) is 0 Å². The summed E-state index contributed by atoms with van der Waals surface area (Å²) in [6, 6.07) is 9.46. The summed E-state index contributed by atoms with van der Waals surface area (Å²) < 4.78 is 5.79. The predicted octanol–water partition coefficient (Wildman–Crippen LogP) is 2.18. The van der Waals surface area contributed by atoms with Crippen LogP contribution in [0.25, 0.3) is 0 Å². The van der Waals surface area contributed by atoms with Gasteiger partial charge in [-0.05, 0) is 19.1 Å². The number of hydrogen-bond donors (Lipinski definition) is 0. The molecule has 1 aromatic carbocycles. The molecule has 0 bridgehead atoms. The second-order valence-corrected chi connectivity index (χ2v) is 4.34. The molecule has 1 unspecified atom stereocenters. The van der Waals surface area contributed by atoms with Crippen LogP contribution in [0.5, 0.6) is 0 Å². The van der Waals surface area contributed by atoms with Gasteiger partial charge < -0.3 is 4.74 Å². The summed E-state index contributed by atoms with van der Waals surface area (Å²) in [6.07, 6.45) is 0. The van der Waals surface area contributed by atoms with Crippen molar-refractivity contribution in [2.24, 2.45) is 4.99 Å². The number of aliphatic imine (C=N–C) groups is 1. The average molecular weight is 315 g/mol. The number of halogens is 1. The lowest BCUT2D eigenvalue weighted by molar-refractivity contribution is -0.137. The summed E-state index contributed by atoms with van der Waals surface area (Å²) >= 11 is 2.14. The molecule has 0 radical (unpaired) electrons. The van der Waals surface area contributed by atoms with Crippen molar-refractivity contribution >= 4 is 34.5 Å². The highest BCUT2D eigenvalue weighted by Gasteiger charge is 2.40. The van der Waals surface area contributed by atoms with Crippen LogP contribution in [-0.4, -0.2) is 21.8 Å². The first-order valence-corrected chi connectivity index (χ1v) is 6.12. The number of esters is 1. The molecule has 2 rings (SSSR count). The maximum Gasteiger partial charge on any atom is 0.341 e. The molecule has 1 aromatic rings. The van der Waals surface area contributed by atoms with Gasteiger partial charge in [-0.2, -0.15) is 0 Å². The van der Waals surface area contributed by atoms with Crippen molar-refractivity contribution in [1.82, 2.24) is 0 Å². The van der Waals surface area contributed by atoms with E-state index in [1.165, 1.54) is 0 Å². The predicted molar refractivity (Wildman–Crippen MR) is 66.4 cm³/mol. The molecule has 0 saturated heterocycles. The quantitative estimate of drug-likeness (QED) is 0.477. The minimum absolute atomic E-state index is 0.268. The number of cyclic esters (lactones) is 1. The van der Waals surface area contributed by atoms with Crippen molar-refractivity contribution in [2.45, 2.75) is 12.5 Å². The summed E-state index contributed by atoms with van der Waals surface area (Å²) in [5, 5.41) is 0. The fourth-order valence-electron chi connectivity index (χ4n) is 1.28. The zero-order chi connectivity index (χ0) is 10.9. The summed E-state index contributed by atoms with van der Waals surface area (Å²) in [4.78, 5) is 15.9. The molecular weight excluding hydrogens is 305 g/mol. The van der Waals surface area contributed by atoms with E-state index in [0.29, 0.717) is 10.3 Å². The van der Waals surface area contributed by atoms with Crippen LogP contribution < -0.4 is 0 Å². The highest BCUT2D eigenvalue weighted by atomic mass is 127. The Morgan fingerprint density at radius 3 is 2.60 bits per heavy atom. The van der Waals surface area contributed by atoms with E-state index in [4.69, 9.17) is 4.74 Å². The Labute approximate surface area is 102 Å². The van der Waals surface area contributed by atoms with Gasteiger partial charge >= 0.3 is 5.97 Å². The zero-order valence-corrected chi connectivity index (χ0v) is 10.4. The Morgan fingerprint density at radius 2 is 2.07 bits per heavy atom. The van der Waals surface area contributed by atoms with Gasteiger partial charge in [-0.25, -0.2) is 9.79 Å². The molecule has 1 heterocycles. The first kappa shape index (κ1) is 10.6. The summed E-state index contributed by atoms with van der Waals surface area (Å²) in [6.45, 7) is 1.79. The molecule has 0 N–H and O–H groups in total. The number of alkyl halides is 1. The lowest BCUT2D eigenvalue weighted by atomic mass is 10.1. The molecule has 1 atom stereocenters. The zero-order valence-electron chi connectivity index (χ0n) is 8.24. The largest absolute Gasteiger partial charge is 0.405 e. The van der Waals surface area contributed by atoms with Crippen LogP contribution >= 0.6 is 22.6 Å². The van der Waals surface area contributed by atoms with E-state index in [0.717, 1.165) is 5.56 Å². The van der Waals surface area contributed by atoms with Gasteiger partial charge in [0.05, 0.1) is 0 Å². The van der Waals surface area contributed by atoms with Gasteiger partial charge in [-0.1, -0.05) is 40.8 Å². The van der Waals surface area contributed by atoms with Crippen molar-refractivity contribution < 1.29 is 9.53 Å². The van der Waals surface area contributed by atoms with Crippen LogP contribution in [0.2, 0.25) is 0 Å². The SMILES string of the molecule is CC1(CI)N=C(c2ccccc2)OC1=O. The Balaban J connectivity index is 2.35. The van der Waals surface area contributed by atoms with Crippen LogP contribution in [0.3, 0.4) is 0 Å². The maximum atomic E-state index is 11.6. The van der Waals surface area contributed by atoms with Crippen LogP contribution in [0, 0.1) is 0 Å². The van der Waals surface area contributed by atoms with Crippen LogP contribution in [0.1, 0.15) is 12.5 Å². The lowest BCUT2D eigenvalue weighted by Gasteiger charge is -2.10. The van der Waals surface area contributed by atoms with Crippen LogP contribution in [-0.2, 0) is 9.53 Å². The van der Waals surface area contributed by atoms with Crippen molar-refractivity contribution in [2.75, 3.05) is 4.43 Å². The van der Waals surface area contributed by atoms with E-state index in [2.05, 4.69) is 27.6 Å². The molecule has 0 amide bonds. The van der Waals surface area contributed by atoms with Crippen LogP contribution in [0.4, 0.5) is 0 Å². The van der Waals surface area contributed by atoms with E-state index >= 15 is 0 Å². The summed E-state index contributed by atoms with van der Waals surface area (Å²) in [5.74, 6) is 0.163. The number of carbonyl (C=O) groups excluding carboxylic acids is 1. The number of carbonyl (C=O) groups is 1. The molecule has 4 heteroatoms. The minimum Gasteiger partial charge on any atom is -0.405 e. The van der Waals surface area contributed by atoms with Gasteiger partial charge in [0.15, 0.2) is 5.54 Å². The van der Waals surface area contributed by atoms with Gasteiger partial charge in [-0.3, -0.25) is 0 Å². The number of rotatable bonds is 2.